The molecule has 0 bridgehead atoms. The number of carbonyl (C=O) groups excluding carboxylic acids is 1. The molecule has 26 heavy (non-hydrogen) atoms. The van der Waals surface area contributed by atoms with Crippen LogP contribution in [-0.4, -0.2) is 61.1 Å². The normalized spacial score (nSPS) is 20.8. The zero-order valence-corrected chi connectivity index (χ0v) is 16.2. The van der Waals surface area contributed by atoms with Gasteiger partial charge in [0.15, 0.2) is 0 Å². The van der Waals surface area contributed by atoms with E-state index in [-0.39, 0.29) is 11.8 Å². The van der Waals surface area contributed by atoms with Crippen LogP contribution in [0.15, 0.2) is 0 Å². The number of rotatable bonds is 3. The Kier molecular flexibility index (Phi) is 4.88. The first-order valence-electron chi connectivity index (χ1n) is 9.40. The van der Waals surface area contributed by atoms with Crippen LogP contribution in [0.4, 0.5) is 5.13 Å². The van der Waals surface area contributed by atoms with Gasteiger partial charge in [-0.1, -0.05) is 6.92 Å². The number of carbonyl (C=O) groups is 1. The lowest BCUT2D eigenvalue weighted by Gasteiger charge is -2.29. The Balaban J connectivity index is 1.39. The molecule has 2 aromatic heterocycles. The standard InChI is InChI=1S/C17H25N7OS/c1-3-14-18-17(26-21-14)23-8-4-7-22(9-10-23)16(25)13-5-6-15-20-19-12(2)24(15)11-13/h13H,3-11H2,1-2H3/t13-/m1/s1. The summed E-state index contributed by atoms with van der Waals surface area (Å²) in [5.74, 6) is 3.14. The monoisotopic (exact) mass is 375 g/mol. The van der Waals surface area contributed by atoms with Crippen molar-refractivity contribution in [1.82, 2.24) is 29.0 Å². The van der Waals surface area contributed by atoms with Crippen LogP contribution in [-0.2, 0) is 24.2 Å². The van der Waals surface area contributed by atoms with Crippen molar-refractivity contribution >= 4 is 22.6 Å². The summed E-state index contributed by atoms with van der Waals surface area (Å²) in [5.41, 5.74) is 0. The molecule has 1 saturated heterocycles. The second kappa shape index (κ2) is 7.30. The molecule has 4 rings (SSSR count). The number of fused-ring (bicyclic) bond motifs is 1. The highest BCUT2D eigenvalue weighted by atomic mass is 32.1. The minimum atomic E-state index is 0.0389. The minimum Gasteiger partial charge on any atom is -0.345 e. The number of amides is 1. The molecule has 1 atom stereocenters. The van der Waals surface area contributed by atoms with E-state index in [2.05, 4.69) is 35.9 Å². The summed E-state index contributed by atoms with van der Waals surface area (Å²) in [4.78, 5) is 22.0. The molecular formula is C17H25N7OS. The van der Waals surface area contributed by atoms with Gasteiger partial charge in [-0.25, -0.2) is 4.98 Å². The molecule has 0 N–H and O–H groups in total. The van der Waals surface area contributed by atoms with E-state index in [1.165, 1.54) is 11.5 Å². The summed E-state index contributed by atoms with van der Waals surface area (Å²) in [6.07, 6.45) is 3.53. The van der Waals surface area contributed by atoms with Crippen molar-refractivity contribution in [3.05, 3.63) is 17.5 Å². The maximum atomic E-state index is 13.1. The van der Waals surface area contributed by atoms with Crippen molar-refractivity contribution in [2.45, 2.75) is 46.1 Å². The molecule has 0 aliphatic carbocycles. The fourth-order valence-corrected chi connectivity index (χ4v) is 4.57. The Labute approximate surface area is 157 Å². The van der Waals surface area contributed by atoms with Gasteiger partial charge in [0.1, 0.15) is 17.5 Å². The Hall–Kier alpha value is -2.03. The third-order valence-electron chi connectivity index (χ3n) is 5.33. The van der Waals surface area contributed by atoms with E-state index in [0.717, 1.165) is 74.5 Å². The maximum absolute atomic E-state index is 13.1. The van der Waals surface area contributed by atoms with Crippen LogP contribution in [0, 0.1) is 12.8 Å². The van der Waals surface area contributed by atoms with Crippen molar-refractivity contribution in [2.24, 2.45) is 5.92 Å². The van der Waals surface area contributed by atoms with Crippen molar-refractivity contribution < 1.29 is 4.79 Å². The summed E-state index contributed by atoms with van der Waals surface area (Å²) in [7, 11) is 0. The fraction of sp³-hybridized carbons (Fsp3) is 0.706. The summed E-state index contributed by atoms with van der Waals surface area (Å²) in [5, 5.41) is 9.33. The van der Waals surface area contributed by atoms with Gasteiger partial charge < -0.3 is 14.4 Å². The largest absolute Gasteiger partial charge is 0.345 e. The molecule has 0 unspecified atom stereocenters. The molecule has 0 spiro atoms. The zero-order chi connectivity index (χ0) is 18.1. The molecule has 2 aliphatic rings. The fourth-order valence-electron chi connectivity index (χ4n) is 3.77. The van der Waals surface area contributed by atoms with Crippen molar-refractivity contribution in [3.63, 3.8) is 0 Å². The predicted octanol–water partition coefficient (Wildman–Crippen LogP) is 1.30. The zero-order valence-electron chi connectivity index (χ0n) is 15.4. The first-order chi connectivity index (χ1) is 12.7. The lowest BCUT2D eigenvalue weighted by atomic mass is 9.97. The molecule has 4 heterocycles. The molecule has 140 valence electrons. The topological polar surface area (TPSA) is 80.0 Å². The van der Waals surface area contributed by atoms with Gasteiger partial charge in [-0.15, -0.1) is 10.2 Å². The van der Waals surface area contributed by atoms with Crippen molar-refractivity contribution in [3.8, 4) is 0 Å². The van der Waals surface area contributed by atoms with Gasteiger partial charge in [0.2, 0.25) is 11.0 Å². The van der Waals surface area contributed by atoms with E-state index in [0.29, 0.717) is 6.54 Å². The van der Waals surface area contributed by atoms with E-state index in [1.54, 1.807) is 0 Å². The van der Waals surface area contributed by atoms with Gasteiger partial charge in [-0.3, -0.25) is 4.79 Å². The SMILES string of the molecule is CCc1nsc(N2CCCN(C(=O)[C@@H]3CCc4nnc(C)n4C3)CC2)n1. The van der Waals surface area contributed by atoms with Crippen molar-refractivity contribution in [2.75, 3.05) is 31.1 Å². The molecular weight excluding hydrogens is 350 g/mol. The lowest BCUT2D eigenvalue weighted by molar-refractivity contribution is -0.136. The second-order valence-electron chi connectivity index (χ2n) is 7.02. The van der Waals surface area contributed by atoms with Gasteiger partial charge in [0.25, 0.3) is 0 Å². The number of hydrogen-bond acceptors (Lipinski definition) is 7. The van der Waals surface area contributed by atoms with E-state index >= 15 is 0 Å². The first kappa shape index (κ1) is 17.4. The summed E-state index contributed by atoms with van der Waals surface area (Å²) in [6, 6.07) is 0. The van der Waals surface area contributed by atoms with Gasteiger partial charge >= 0.3 is 0 Å². The smallest absolute Gasteiger partial charge is 0.227 e. The van der Waals surface area contributed by atoms with Crippen LogP contribution < -0.4 is 4.90 Å². The highest BCUT2D eigenvalue weighted by Gasteiger charge is 2.31. The maximum Gasteiger partial charge on any atom is 0.227 e. The number of anilines is 1. The van der Waals surface area contributed by atoms with Gasteiger partial charge in [0.05, 0.1) is 5.92 Å². The quantitative estimate of drug-likeness (QED) is 0.805. The number of aryl methyl sites for hydroxylation is 3. The van der Waals surface area contributed by atoms with Crippen LogP contribution in [0.1, 0.15) is 37.2 Å². The third-order valence-corrected chi connectivity index (χ3v) is 6.15. The van der Waals surface area contributed by atoms with Crippen LogP contribution in [0.2, 0.25) is 0 Å². The molecule has 2 aromatic rings. The summed E-state index contributed by atoms with van der Waals surface area (Å²) < 4.78 is 6.49. The molecule has 1 amide bonds. The van der Waals surface area contributed by atoms with E-state index in [1.807, 2.05) is 11.8 Å². The number of aromatic nitrogens is 5. The first-order valence-corrected chi connectivity index (χ1v) is 10.2. The molecule has 9 heteroatoms. The van der Waals surface area contributed by atoms with E-state index in [4.69, 9.17) is 0 Å². The van der Waals surface area contributed by atoms with Crippen molar-refractivity contribution in [1.29, 1.82) is 0 Å². The highest BCUT2D eigenvalue weighted by Crippen LogP contribution is 2.24. The Morgan fingerprint density at radius 2 is 2.12 bits per heavy atom. The van der Waals surface area contributed by atoms with E-state index in [9.17, 15) is 4.79 Å². The molecule has 0 aromatic carbocycles. The molecule has 8 nitrogen and oxygen atoms in total. The number of nitrogens with zero attached hydrogens (tertiary/aromatic N) is 7. The average molecular weight is 376 g/mol. The van der Waals surface area contributed by atoms with Gasteiger partial charge in [-0.05, 0) is 19.8 Å². The minimum absolute atomic E-state index is 0.0389. The number of hydrogen-bond donors (Lipinski definition) is 0. The summed E-state index contributed by atoms with van der Waals surface area (Å²) in [6.45, 7) is 8.07. The molecule has 0 radical (unpaired) electrons. The molecule has 0 saturated carbocycles. The Bertz CT molecular complexity index is 786. The second-order valence-corrected chi connectivity index (χ2v) is 7.75. The van der Waals surface area contributed by atoms with E-state index < -0.39 is 0 Å². The van der Waals surface area contributed by atoms with Crippen LogP contribution in [0.3, 0.4) is 0 Å². The molecule has 2 aliphatic heterocycles. The van der Waals surface area contributed by atoms with Crippen LogP contribution in [0.25, 0.3) is 0 Å². The van der Waals surface area contributed by atoms with Gasteiger partial charge in [-0.2, -0.15) is 4.37 Å². The molecule has 1 fully saturated rings. The Morgan fingerprint density at radius 3 is 2.92 bits per heavy atom. The predicted molar refractivity (Wildman–Crippen MR) is 99.3 cm³/mol. The highest BCUT2D eigenvalue weighted by molar-refractivity contribution is 7.09. The third kappa shape index (κ3) is 3.32. The Morgan fingerprint density at radius 1 is 1.23 bits per heavy atom. The van der Waals surface area contributed by atoms with Gasteiger partial charge in [0, 0.05) is 57.1 Å². The summed E-state index contributed by atoms with van der Waals surface area (Å²) >= 11 is 1.47. The lowest BCUT2D eigenvalue weighted by Crippen LogP contribution is -2.41. The average Bonchev–Trinajstić information content (AvgIpc) is 3.21. The van der Waals surface area contributed by atoms with Crippen LogP contribution >= 0.6 is 11.5 Å². The van der Waals surface area contributed by atoms with Crippen LogP contribution in [0.5, 0.6) is 0 Å².